The third-order valence-electron chi connectivity index (χ3n) is 8.63. The lowest BCUT2D eigenvalue weighted by Crippen LogP contribution is -1.96. The largest absolute Gasteiger partial charge is 0.237 e. The van der Waals surface area contributed by atoms with Gasteiger partial charge in [-0.15, -0.1) is 11.3 Å². The molecule has 4 nitrogen and oxygen atoms in total. The molecular formula is C42H26N4S. The van der Waals surface area contributed by atoms with Crippen LogP contribution in [0.3, 0.4) is 0 Å². The van der Waals surface area contributed by atoms with Gasteiger partial charge in [-0.1, -0.05) is 115 Å². The Balaban J connectivity index is 1.22. The maximum absolute atomic E-state index is 5.04. The molecule has 0 aliphatic heterocycles. The number of hydrogen-bond acceptors (Lipinski definition) is 5. The van der Waals surface area contributed by atoms with Crippen LogP contribution in [-0.2, 0) is 0 Å². The van der Waals surface area contributed by atoms with Crippen LogP contribution in [-0.4, -0.2) is 19.9 Å². The zero-order chi connectivity index (χ0) is 31.2. The summed E-state index contributed by atoms with van der Waals surface area (Å²) in [7, 11) is 0. The monoisotopic (exact) mass is 618 g/mol. The molecule has 0 saturated heterocycles. The smallest absolute Gasteiger partial charge is 0.160 e. The average molecular weight is 619 g/mol. The van der Waals surface area contributed by atoms with E-state index in [1.54, 1.807) is 6.20 Å². The molecule has 5 heteroatoms. The van der Waals surface area contributed by atoms with Crippen LogP contribution in [0.25, 0.3) is 87.4 Å². The molecule has 0 aliphatic carbocycles. The van der Waals surface area contributed by atoms with Gasteiger partial charge < -0.3 is 0 Å². The fraction of sp³-hybridized carbons (Fsp3) is 0. The minimum atomic E-state index is 0.704. The van der Waals surface area contributed by atoms with Crippen LogP contribution in [0, 0.1) is 0 Å². The minimum Gasteiger partial charge on any atom is -0.237 e. The van der Waals surface area contributed by atoms with Gasteiger partial charge in [-0.2, -0.15) is 0 Å². The molecule has 0 fully saturated rings. The number of fused-ring (bicyclic) bond motifs is 4. The highest BCUT2D eigenvalue weighted by Gasteiger charge is 2.18. The third-order valence-corrected chi connectivity index (χ3v) is 9.77. The summed E-state index contributed by atoms with van der Waals surface area (Å²) in [4.78, 5) is 19.5. The number of nitrogens with zero attached hydrogens (tertiary/aromatic N) is 4. The number of rotatable bonds is 5. The molecular weight excluding hydrogens is 593 g/mol. The van der Waals surface area contributed by atoms with Crippen molar-refractivity contribution in [3.63, 3.8) is 0 Å². The highest BCUT2D eigenvalue weighted by molar-refractivity contribution is 7.25. The molecule has 0 radical (unpaired) electrons. The molecule has 0 saturated carbocycles. The van der Waals surface area contributed by atoms with E-state index in [2.05, 4.69) is 108 Å². The van der Waals surface area contributed by atoms with E-state index in [0.717, 1.165) is 55.8 Å². The molecule has 9 rings (SSSR count). The second-order valence-electron chi connectivity index (χ2n) is 11.5. The topological polar surface area (TPSA) is 51.6 Å². The number of benzene rings is 5. The Hall–Kier alpha value is -6.04. The van der Waals surface area contributed by atoms with Gasteiger partial charge in [0.2, 0.25) is 0 Å². The van der Waals surface area contributed by atoms with Crippen LogP contribution < -0.4 is 0 Å². The van der Waals surface area contributed by atoms with Gasteiger partial charge in [0.15, 0.2) is 11.5 Å². The molecule has 220 valence electrons. The van der Waals surface area contributed by atoms with E-state index in [4.69, 9.17) is 15.0 Å². The van der Waals surface area contributed by atoms with Gasteiger partial charge >= 0.3 is 0 Å². The molecule has 0 amide bonds. The molecule has 47 heavy (non-hydrogen) atoms. The van der Waals surface area contributed by atoms with Gasteiger partial charge in [0.1, 0.15) is 0 Å². The summed E-state index contributed by atoms with van der Waals surface area (Å²) in [6, 6.07) is 50.6. The summed E-state index contributed by atoms with van der Waals surface area (Å²) in [6.07, 6.45) is 3.79. The summed E-state index contributed by atoms with van der Waals surface area (Å²) < 4.78 is 2.55. The first kappa shape index (κ1) is 27.3. The van der Waals surface area contributed by atoms with E-state index in [0.29, 0.717) is 5.82 Å². The SMILES string of the molecule is c1ccc(-c2cc(-c3ccc(-c4c(-c5cccc6sc7ccccc7c56)cnc5ncccc45)cc3)nc(-c3ccccc3)n2)cc1. The molecule has 9 aromatic rings. The lowest BCUT2D eigenvalue weighted by molar-refractivity contribution is 1.18. The van der Waals surface area contributed by atoms with Crippen LogP contribution >= 0.6 is 11.3 Å². The lowest BCUT2D eigenvalue weighted by Gasteiger charge is -2.15. The van der Waals surface area contributed by atoms with Crippen molar-refractivity contribution in [1.29, 1.82) is 0 Å². The van der Waals surface area contributed by atoms with Crippen LogP contribution in [0.4, 0.5) is 0 Å². The van der Waals surface area contributed by atoms with Crippen molar-refractivity contribution in [2.45, 2.75) is 0 Å². The van der Waals surface area contributed by atoms with Crippen molar-refractivity contribution in [1.82, 2.24) is 19.9 Å². The fourth-order valence-corrected chi connectivity index (χ4v) is 7.55. The summed E-state index contributed by atoms with van der Waals surface area (Å²) >= 11 is 1.83. The van der Waals surface area contributed by atoms with Crippen molar-refractivity contribution in [3.8, 4) is 56.2 Å². The molecule has 0 aliphatic rings. The maximum Gasteiger partial charge on any atom is 0.160 e. The van der Waals surface area contributed by atoms with Gasteiger partial charge in [-0.25, -0.2) is 19.9 Å². The number of pyridine rings is 2. The summed E-state index contributed by atoms with van der Waals surface area (Å²) in [5, 5.41) is 3.55. The van der Waals surface area contributed by atoms with Crippen LogP contribution in [0.1, 0.15) is 0 Å². The van der Waals surface area contributed by atoms with Gasteiger partial charge in [-0.05, 0) is 41.5 Å². The maximum atomic E-state index is 5.04. The summed E-state index contributed by atoms with van der Waals surface area (Å²) in [5.41, 5.74) is 10.0. The first-order valence-corrected chi connectivity index (χ1v) is 16.4. The zero-order valence-electron chi connectivity index (χ0n) is 25.2. The van der Waals surface area contributed by atoms with Gasteiger partial charge in [0.25, 0.3) is 0 Å². The lowest BCUT2D eigenvalue weighted by atomic mass is 9.90. The normalized spacial score (nSPS) is 11.4. The highest BCUT2D eigenvalue weighted by atomic mass is 32.1. The second-order valence-corrected chi connectivity index (χ2v) is 12.6. The van der Waals surface area contributed by atoms with Crippen molar-refractivity contribution in [2.24, 2.45) is 0 Å². The second kappa shape index (κ2) is 11.4. The van der Waals surface area contributed by atoms with E-state index in [9.17, 15) is 0 Å². The van der Waals surface area contributed by atoms with Crippen molar-refractivity contribution < 1.29 is 0 Å². The predicted octanol–water partition coefficient (Wildman–Crippen LogP) is 11.1. The Kier molecular flexibility index (Phi) is 6.61. The third kappa shape index (κ3) is 4.85. The number of thiophene rings is 1. The Morgan fingerprint density at radius 2 is 1.09 bits per heavy atom. The Morgan fingerprint density at radius 1 is 0.447 bits per heavy atom. The average Bonchev–Trinajstić information content (AvgIpc) is 3.54. The predicted molar refractivity (Wildman–Crippen MR) is 195 cm³/mol. The molecule has 0 bridgehead atoms. The molecule has 0 unspecified atom stereocenters. The van der Waals surface area contributed by atoms with E-state index >= 15 is 0 Å². The van der Waals surface area contributed by atoms with Gasteiger partial charge in [0.05, 0.1) is 11.4 Å². The van der Waals surface area contributed by atoms with Crippen molar-refractivity contribution >= 4 is 42.5 Å². The first-order chi connectivity index (χ1) is 23.3. The first-order valence-electron chi connectivity index (χ1n) is 15.6. The molecule has 4 heterocycles. The Morgan fingerprint density at radius 3 is 1.87 bits per heavy atom. The van der Waals surface area contributed by atoms with E-state index in [1.165, 1.54) is 25.7 Å². The van der Waals surface area contributed by atoms with E-state index in [1.807, 2.05) is 60.0 Å². The molecule has 0 atom stereocenters. The van der Waals surface area contributed by atoms with E-state index < -0.39 is 0 Å². The Bertz CT molecular complexity index is 2500. The molecule has 0 N–H and O–H groups in total. The Labute approximate surface area is 275 Å². The standard InChI is InChI=1S/C42H26N4S/c1-3-11-27(12-4-1)35-25-36(46-41(45-35)30-13-5-2-6-14-30)28-20-22-29(23-21-28)39-33-17-10-24-43-42(33)44-26-34(39)31-16-9-19-38-40(31)32-15-7-8-18-37(32)47-38/h1-26H. The number of hydrogen-bond donors (Lipinski definition) is 0. The highest BCUT2D eigenvalue weighted by Crippen LogP contribution is 2.44. The summed E-state index contributed by atoms with van der Waals surface area (Å²) in [6.45, 7) is 0. The zero-order valence-corrected chi connectivity index (χ0v) is 26.0. The van der Waals surface area contributed by atoms with Crippen molar-refractivity contribution in [2.75, 3.05) is 0 Å². The molecule has 4 aromatic heterocycles. The fourth-order valence-electron chi connectivity index (χ4n) is 6.42. The van der Waals surface area contributed by atoms with Crippen LogP contribution in [0.2, 0.25) is 0 Å². The molecule has 0 spiro atoms. The quantitative estimate of drug-likeness (QED) is 0.193. The number of aromatic nitrogens is 4. The minimum absolute atomic E-state index is 0.704. The van der Waals surface area contributed by atoms with Gasteiger partial charge in [-0.3, -0.25) is 0 Å². The molecule has 5 aromatic carbocycles. The van der Waals surface area contributed by atoms with Crippen molar-refractivity contribution in [3.05, 3.63) is 158 Å². The van der Waals surface area contributed by atoms with Crippen LogP contribution in [0.5, 0.6) is 0 Å². The van der Waals surface area contributed by atoms with Gasteiger partial charge in [0, 0.05) is 65.8 Å². The van der Waals surface area contributed by atoms with Crippen LogP contribution in [0.15, 0.2) is 158 Å². The summed E-state index contributed by atoms with van der Waals surface area (Å²) in [5.74, 6) is 0.704. The van der Waals surface area contributed by atoms with E-state index in [-0.39, 0.29) is 0 Å².